The van der Waals surface area contributed by atoms with Gasteiger partial charge < -0.3 is 5.73 Å². The van der Waals surface area contributed by atoms with Crippen LogP contribution in [0.4, 0.5) is 0 Å². The maximum Gasteiger partial charge on any atom is 0.211 e. The number of aryl methyl sites for hydroxylation is 1. The summed E-state index contributed by atoms with van der Waals surface area (Å²) in [5.74, 6) is -0.00655. The molecule has 4 nitrogen and oxygen atoms in total. The quantitative estimate of drug-likeness (QED) is 0.810. The third-order valence-corrected chi connectivity index (χ3v) is 2.70. The molecule has 0 bridgehead atoms. The van der Waals surface area contributed by atoms with Gasteiger partial charge in [-0.05, 0) is 18.6 Å². The Balaban J connectivity index is 2.30. The number of carbonyl (C=O) groups excluding carboxylic acids is 1. The van der Waals surface area contributed by atoms with Gasteiger partial charge in [0, 0.05) is 24.8 Å². The molecule has 4 heteroatoms. The highest BCUT2D eigenvalue weighted by atomic mass is 16.1. The molecule has 17 heavy (non-hydrogen) atoms. The number of ketones is 1. The molecule has 1 aromatic carbocycles. The fraction of sp³-hybridized carbons (Fsp3) is 0.231. The van der Waals surface area contributed by atoms with E-state index in [1.54, 1.807) is 29.1 Å². The molecule has 88 valence electrons. The summed E-state index contributed by atoms with van der Waals surface area (Å²) in [5.41, 5.74) is 7.82. The highest BCUT2D eigenvalue weighted by Gasteiger charge is 2.13. The molecule has 0 amide bonds. The van der Waals surface area contributed by atoms with Crippen molar-refractivity contribution in [3.05, 3.63) is 53.3 Å². The average Bonchev–Trinajstić information content (AvgIpc) is 2.86. The molecule has 1 aromatic heterocycles. The molecule has 0 spiro atoms. The fourth-order valence-corrected chi connectivity index (χ4v) is 1.72. The Morgan fingerprint density at radius 3 is 2.59 bits per heavy atom. The van der Waals surface area contributed by atoms with Gasteiger partial charge in [-0.15, -0.1) is 0 Å². The maximum absolute atomic E-state index is 12.2. The van der Waals surface area contributed by atoms with Gasteiger partial charge in [-0.3, -0.25) is 9.48 Å². The van der Waals surface area contributed by atoms with Crippen LogP contribution < -0.4 is 5.73 Å². The largest absolute Gasteiger partial charge is 0.326 e. The van der Waals surface area contributed by atoms with E-state index in [4.69, 9.17) is 5.73 Å². The molecule has 1 heterocycles. The van der Waals surface area contributed by atoms with E-state index in [9.17, 15) is 4.79 Å². The fourth-order valence-electron chi connectivity index (χ4n) is 1.72. The van der Waals surface area contributed by atoms with E-state index in [1.165, 1.54) is 0 Å². The molecule has 0 aliphatic rings. The van der Waals surface area contributed by atoms with Gasteiger partial charge in [0.2, 0.25) is 5.78 Å². The van der Waals surface area contributed by atoms with Crippen LogP contribution in [0.3, 0.4) is 0 Å². The lowest BCUT2D eigenvalue weighted by Crippen LogP contribution is -2.10. The molecule has 0 radical (unpaired) electrons. The first kappa shape index (κ1) is 11.5. The summed E-state index contributed by atoms with van der Waals surface area (Å²) < 4.78 is 1.69. The lowest BCUT2D eigenvalue weighted by Gasteiger charge is -2.04. The van der Waals surface area contributed by atoms with Crippen molar-refractivity contribution in [3.63, 3.8) is 0 Å². The van der Waals surface area contributed by atoms with E-state index in [0.717, 1.165) is 5.56 Å². The number of carbonyl (C=O) groups is 1. The van der Waals surface area contributed by atoms with E-state index < -0.39 is 0 Å². The standard InChI is InChI=1S/C13H15N3O/c1-2-16-12(7-8-15-16)13(17)11-5-3-10(9-14)4-6-11/h3-8H,2,9,14H2,1H3. The van der Waals surface area contributed by atoms with Crippen molar-refractivity contribution in [3.8, 4) is 0 Å². The van der Waals surface area contributed by atoms with Crippen LogP contribution in [0.25, 0.3) is 0 Å². The zero-order chi connectivity index (χ0) is 12.3. The van der Waals surface area contributed by atoms with E-state index >= 15 is 0 Å². The van der Waals surface area contributed by atoms with Crippen LogP contribution in [-0.2, 0) is 13.1 Å². The Morgan fingerprint density at radius 1 is 1.29 bits per heavy atom. The van der Waals surface area contributed by atoms with E-state index in [2.05, 4.69) is 5.10 Å². The molecule has 0 unspecified atom stereocenters. The van der Waals surface area contributed by atoms with Crippen LogP contribution in [0, 0.1) is 0 Å². The van der Waals surface area contributed by atoms with Gasteiger partial charge >= 0.3 is 0 Å². The zero-order valence-electron chi connectivity index (χ0n) is 9.76. The van der Waals surface area contributed by atoms with Crippen LogP contribution in [-0.4, -0.2) is 15.6 Å². The normalized spacial score (nSPS) is 10.5. The second-order valence-electron chi connectivity index (χ2n) is 3.76. The minimum Gasteiger partial charge on any atom is -0.326 e. The first-order valence-corrected chi connectivity index (χ1v) is 5.61. The Morgan fingerprint density at radius 2 is 2.00 bits per heavy atom. The summed E-state index contributed by atoms with van der Waals surface area (Å²) in [6, 6.07) is 9.09. The molecule has 0 saturated carbocycles. The van der Waals surface area contributed by atoms with E-state index in [1.807, 2.05) is 19.1 Å². The number of hydrogen-bond donors (Lipinski definition) is 1. The molecule has 2 rings (SSSR count). The predicted octanol–water partition coefficient (Wildman–Crippen LogP) is 1.59. The zero-order valence-corrected chi connectivity index (χ0v) is 9.76. The first-order chi connectivity index (χ1) is 8.26. The van der Waals surface area contributed by atoms with E-state index in [0.29, 0.717) is 24.3 Å². The maximum atomic E-state index is 12.2. The molecular weight excluding hydrogens is 214 g/mol. The smallest absolute Gasteiger partial charge is 0.211 e. The molecule has 2 aromatic rings. The molecule has 0 aliphatic heterocycles. The van der Waals surface area contributed by atoms with Crippen molar-refractivity contribution in [2.24, 2.45) is 5.73 Å². The van der Waals surface area contributed by atoms with E-state index in [-0.39, 0.29) is 5.78 Å². The molecule has 0 atom stereocenters. The Hall–Kier alpha value is -1.94. The van der Waals surface area contributed by atoms with Gasteiger partial charge in [-0.1, -0.05) is 24.3 Å². The minimum absolute atomic E-state index is 0.00655. The third-order valence-electron chi connectivity index (χ3n) is 2.70. The van der Waals surface area contributed by atoms with Crippen molar-refractivity contribution < 1.29 is 4.79 Å². The van der Waals surface area contributed by atoms with Gasteiger partial charge in [0.25, 0.3) is 0 Å². The number of hydrogen-bond acceptors (Lipinski definition) is 3. The average molecular weight is 229 g/mol. The highest BCUT2D eigenvalue weighted by molar-refractivity contribution is 6.07. The van der Waals surface area contributed by atoms with Crippen LogP contribution in [0.1, 0.15) is 28.5 Å². The topological polar surface area (TPSA) is 60.9 Å². The highest BCUT2D eigenvalue weighted by Crippen LogP contribution is 2.10. The van der Waals surface area contributed by atoms with Gasteiger partial charge in [-0.25, -0.2) is 0 Å². The van der Waals surface area contributed by atoms with Gasteiger partial charge in [0.05, 0.1) is 0 Å². The Bertz CT molecular complexity index is 514. The molecule has 0 fully saturated rings. The SMILES string of the molecule is CCn1nccc1C(=O)c1ccc(CN)cc1. The number of nitrogens with two attached hydrogens (primary N) is 1. The van der Waals surface area contributed by atoms with Crippen molar-refractivity contribution in [1.29, 1.82) is 0 Å². The molecule has 0 saturated heterocycles. The summed E-state index contributed by atoms with van der Waals surface area (Å²) in [7, 11) is 0. The van der Waals surface area contributed by atoms with Crippen molar-refractivity contribution in [1.82, 2.24) is 9.78 Å². The van der Waals surface area contributed by atoms with Crippen LogP contribution in [0.5, 0.6) is 0 Å². The summed E-state index contributed by atoms with van der Waals surface area (Å²) in [4.78, 5) is 12.2. The number of benzene rings is 1. The summed E-state index contributed by atoms with van der Waals surface area (Å²) in [6.07, 6.45) is 1.64. The Labute approximate surface area is 100 Å². The first-order valence-electron chi connectivity index (χ1n) is 5.61. The van der Waals surface area contributed by atoms with Gasteiger partial charge in [0.15, 0.2) is 0 Å². The molecule has 0 aliphatic carbocycles. The van der Waals surface area contributed by atoms with Crippen LogP contribution in [0.2, 0.25) is 0 Å². The second-order valence-corrected chi connectivity index (χ2v) is 3.76. The summed E-state index contributed by atoms with van der Waals surface area (Å²) in [6.45, 7) is 3.14. The predicted molar refractivity (Wildman–Crippen MR) is 65.7 cm³/mol. The van der Waals surface area contributed by atoms with Gasteiger partial charge in [-0.2, -0.15) is 5.10 Å². The van der Waals surface area contributed by atoms with Crippen molar-refractivity contribution >= 4 is 5.78 Å². The summed E-state index contributed by atoms with van der Waals surface area (Å²) >= 11 is 0. The monoisotopic (exact) mass is 229 g/mol. The lowest BCUT2D eigenvalue weighted by atomic mass is 10.1. The van der Waals surface area contributed by atoms with Crippen LogP contribution in [0.15, 0.2) is 36.5 Å². The number of aromatic nitrogens is 2. The second kappa shape index (κ2) is 4.93. The number of nitrogens with zero attached hydrogens (tertiary/aromatic N) is 2. The Kier molecular flexibility index (Phi) is 3.35. The molecule has 2 N–H and O–H groups in total. The van der Waals surface area contributed by atoms with Crippen LogP contribution >= 0.6 is 0 Å². The van der Waals surface area contributed by atoms with Crippen molar-refractivity contribution in [2.45, 2.75) is 20.0 Å². The lowest BCUT2D eigenvalue weighted by molar-refractivity contribution is 0.102. The minimum atomic E-state index is -0.00655. The molecular formula is C13H15N3O. The number of rotatable bonds is 4. The third kappa shape index (κ3) is 2.26. The van der Waals surface area contributed by atoms with Crippen molar-refractivity contribution in [2.75, 3.05) is 0 Å². The summed E-state index contributed by atoms with van der Waals surface area (Å²) in [5, 5.41) is 4.09. The van der Waals surface area contributed by atoms with Gasteiger partial charge in [0.1, 0.15) is 5.69 Å².